The SMILES string of the molecule is COCC(CNC(=O)C(C)CCCC(C)N)OC. The largest absolute Gasteiger partial charge is 0.382 e. The summed E-state index contributed by atoms with van der Waals surface area (Å²) < 4.78 is 10.2. The fraction of sp³-hybridized carbons (Fsp3) is 0.923. The number of methoxy groups -OCH3 is 2. The smallest absolute Gasteiger partial charge is 0.222 e. The van der Waals surface area contributed by atoms with Gasteiger partial charge in [0.1, 0.15) is 0 Å². The van der Waals surface area contributed by atoms with E-state index in [4.69, 9.17) is 15.2 Å². The molecule has 3 N–H and O–H groups in total. The van der Waals surface area contributed by atoms with Crippen molar-refractivity contribution < 1.29 is 14.3 Å². The first kappa shape index (κ1) is 17.4. The molecule has 5 heteroatoms. The molecule has 0 aromatic rings. The van der Waals surface area contributed by atoms with Crippen LogP contribution in [0.15, 0.2) is 0 Å². The first-order valence-electron chi connectivity index (χ1n) is 6.56. The minimum atomic E-state index is -0.0878. The summed E-state index contributed by atoms with van der Waals surface area (Å²) in [5.41, 5.74) is 5.67. The molecule has 5 nitrogen and oxygen atoms in total. The molecule has 0 aromatic heterocycles. The standard InChI is InChI=1S/C13H28N2O3/c1-10(6-5-7-11(2)14)13(16)15-8-12(18-4)9-17-3/h10-12H,5-9,14H2,1-4H3,(H,15,16). The molecule has 1 amide bonds. The zero-order chi connectivity index (χ0) is 14.0. The van der Waals surface area contributed by atoms with Gasteiger partial charge in [-0.1, -0.05) is 13.3 Å². The molecule has 0 saturated carbocycles. The summed E-state index contributed by atoms with van der Waals surface area (Å²) in [6, 6.07) is 0.208. The van der Waals surface area contributed by atoms with E-state index in [0.717, 1.165) is 19.3 Å². The third-order valence-corrected chi connectivity index (χ3v) is 2.93. The fourth-order valence-corrected chi connectivity index (χ4v) is 1.66. The van der Waals surface area contributed by atoms with E-state index in [-0.39, 0.29) is 24.0 Å². The zero-order valence-corrected chi connectivity index (χ0v) is 12.1. The van der Waals surface area contributed by atoms with Crippen LogP contribution in [0.1, 0.15) is 33.1 Å². The van der Waals surface area contributed by atoms with Crippen molar-refractivity contribution in [3.8, 4) is 0 Å². The van der Waals surface area contributed by atoms with E-state index in [1.165, 1.54) is 0 Å². The van der Waals surface area contributed by atoms with Crippen molar-refractivity contribution in [3.05, 3.63) is 0 Å². The van der Waals surface area contributed by atoms with Crippen molar-refractivity contribution in [2.75, 3.05) is 27.4 Å². The van der Waals surface area contributed by atoms with Gasteiger partial charge in [0.2, 0.25) is 5.91 Å². The number of nitrogens with two attached hydrogens (primary N) is 1. The maximum Gasteiger partial charge on any atom is 0.222 e. The third kappa shape index (κ3) is 8.44. The van der Waals surface area contributed by atoms with Gasteiger partial charge in [-0.15, -0.1) is 0 Å². The van der Waals surface area contributed by atoms with E-state index >= 15 is 0 Å². The van der Waals surface area contributed by atoms with Gasteiger partial charge in [-0.05, 0) is 19.8 Å². The highest BCUT2D eigenvalue weighted by Crippen LogP contribution is 2.09. The Labute approximate surface area is 110 Å². The summed E-state index contributed by atoms with van der Waals surface area (Å²) in [7, 11) is 3.23. The van der Waals surface area contributed by atoms with Crippen LogP contribution in [0, 0.1) is 5.92 Å². The second kappa shape index (κ2) is 10.3. The second-order valence-corrected chi connectivity index (χ2v) is 4.87. The van der Waals surface area contributed by atoms with Crippen molar-refractivity contribution in [1.29, 1.82) is 0 Å². The van der Waals surface area contributed by atoms with E-state index in [9.17, 15) is 4.79 Å². The summed E-state index contributed by atoms with van der Waals surface area (Å²) in [5.74, 6) is 0.0848. The van der Waals surface area contributed by atoms with Crippen LogP contribution < -0.4 is 11.1 Å². The van der Waals surface area contributed by atoms with Gasteiger partial charge in [0, 0.05) is 32.7 Å². The molecule has 0 aliphatic heterocycles. The highest BCUT2D eigenvalue weighted by Gasteiger charge is 2.14. The van der Waals surface area contributed by atoms with E-state index in [1.807, 2.05) is 13.8 Å². The lowest BCUT2D eigenvalue weighted by Gasteiger charge is -2.17. The van der Waals surface area contributed by atoms with Crippen LogP contribution in [-0.4, -0.2) is 45.4 Å². The summed E-state index contributed by atoms with van der Waals surface area (Å²) >= 11 is 0. The number of amides is 1. The van der Waals surface area contributed by atoms with Crippen LogP contribution >= 0.6 is 0 Å². The molecule has 108 valence electrons. The Morgan fingerprint density at radius 2 is 1.94 bits per heavy atom. The maximum absolute atomic E-state index is 11.8. The van der Waals surface area contributed by atoms with E-state index in [2.05, 4.69) is 5.32 Å². The topological polar surface area (TPSA) is 73.6 Å². The van der Waals surface area contributed by atoms with Crippen LogP contribution in [0.2, 0.25) is 0 Å². The maximum atomic E-state index is 11.8. The lowest BCUT2D eigenvalue weighted by atomic mass is 10.0. The van der Waals surface area contributed by atoms with Crippen molar-refractivity contribution in [2.24, 2.45) is 11.7 Å². The Bertz CT molecular complexity index is 222. The lowest BCUT2D eigenvalue weighted by molar-refractivity contribution is -0.125. The Balaban J connectivity index is 3.79. The van der Waals surface area contributed by atoms with Crippen LogP contribution in [0.5, 0.6) is 0 Å². The molecule has 0 fully saturated rings. The van der Waals surface area contributed by atoms with E-state index in [1.54, 1.807) is 14.2 Å². The Morgan fingerprint density at radius 3 is 2.44 bits per heavy atom. The van der Waals surface area contributed by atoms with Crippen LogP contribution in [0.25, 0.3) is 0 Å². The number of carbonyl (C=O) groups excluding carboxylic acids is 1. The molecule has 0 aliphatic rings. The average molecular weight is 260 g/mol. The summed E-state index contributed by atoms with van der Waals surface area (Å²) in [6.07, 6.45) is 2.73. The molecule has 0 heterocycles. The lowest BCUT2D eigenvalue weighted by Crippen LogP contribution is -2.38. The number of carbonyl (C=O) groups is 1. The van der Waals surface area contributed by atoms with Gasteiger partial charge in [-0.2, -0.15) is 0 Å². The minimum absolute atomic E-state index is 0.0174. The van der Waals surface area contributed by atoms with Gasteiger partial charge in [-0.3, -0.25) is 4.79 Å². The molecule has 3 unspecified atom stereocenters. The number of rotatable bonds is 10. The zero-order valence-electron chi connectivity index (χ0n) is 12.1. The Kier molecular flexibility index (Phi) is 9.92. The molecular formula is C13H28N2O3. The highest BCUT2D eigenvalue weighted by molar-refractivity contribution is 5.78. The van der Waals surface area contributed by atoms with Gasteiger partial charge in [-0.25, -0.2) is 0 Å². The third-order valence-electron chi connectivity index (χ3n) is 2.93. The molecular weight excluding hydrogens is 232 g/mol. The normalized spacial score (nSPS) is 16.1. The predicted octanol–water partition coefficient (Wildman–Crippen LogP) is 0.918. The quantitative estimate of drug-likeness (QED) is 0.612. The molecule has 0 saturated heterocycles. The number of hydrogen-bond donors (Lipinski definition) is 2. The highest BCUT2D eigenvalue weighted by atomic mass is 16.5. The van der Waals surface area contributed by atoms with Gasteiger partial charge < -0.3 is 20.5 Å². The van der Waals surface area contributed by atoms with Crippen molar-refractivity contribution in [2.45, 2.75) is 45.3 Å². The van der Waals surface area contributed by atoms with Gasteiger partial charge >= 0.3 is 0 Å². The van der Waals surface area contributed by atoms with Gasteiger partial charge in [0.15, 0.2) is 0 Å². The Hall–Kier alpha value is -0.650. The molecule has 0 rings (SSSR count). The molecule has 0 spiro atoms. The molecule has 0 aliphatic carbocycles. The van der Waals surface area contributed by atoms with Gasteiger partial charge in [0.05, 0.1) is 12.7 Å². The van der Waals surface area contributed by atoms with Gasteiger partial charge in [0.25, 0.3) is 0 Å². The van der Waals surface area contributed by atoms with Crippen molar-refractivity contribution in [3.63, 3.8) is 0 Å². The van der Waals surface area contributed by atoms with Crippen molar-refractivity contribution in [1.82, 2.24) is 5.32 Å². The molecule has 0 radical (unpaired) electrons. The number of nitrogens with one attached hydrogen (secondary N) is 1. The molecule has 18 heavy (non-hydrogen) atoms. The van der Waals surface area contributed by atoms with E-state index in [0.29, 0.717) is 13.2 Å². The predicted molar refractivity (Wildman–Crippen MR) is 72.3 cm³/mol. The minimum Gasteiger partial charge on any atom is -0.382 e. The summed E-state index contributed by atoms with van der Waals surface area (Å²) in [5, 5.41) is 2.88. The van der Waals surface area contributed by atoms with Crippen LogP contribution in [-0.2, 0) is 14.3 Å². The first-order valence-corrected chi connectivity index (χ1v) is 6.56. The number of ether oxygens (including phenoxy) is 2. The summed E-state index contributed by atoms with van der Waals surface area (Å²) in [6.45, 7) is 4.89. The molecule has 0 bridgehead atoms. The molecule has 3 atom stereocenters. The summed E-state index contributed by atoms with van der Waals surface area (Å²) in [4.78, 5) is 11.8. The molecule has 0 aromatic carbocycles. The first-order chi connectivity index (χ1) is 8.51. The fourth-order valence-electron chi connectivity index (χ4n) is 1.66. The average Bonchev–Trinajstić information content (AvgIpc) is 2.33. The van der Waals surface area contributed by atoms with E-state index < -0.39 is 0 Å². The van der Waals surface area contributed by atoms with Crippen molar-refractivity contribution >= 4 is 5.91 Å². The van der Waals surface area contributed by atoms with Crippen LogP contribution in [0.3, 0.4) is 0 Å². The number of hydrogen-bond acceptors (Lipinski definition) is 4. The Morgan fingerprint density at radius 1 is 1.28 bits per heavy atom. The monoisotopic (exact) mass is 260 g/mol. The second-order valence-electron chi connectivity index (χ2n) is 4.87. The van der Waals surface area contributed by atoms with Crippen LogP contribution in [0.4, 0.5) is 0 Å².